The third kappa shape index (κ3) is 4.12. The molecule has 8 nitrogen and oxygen atoms in total. The Morgan fingerprint density at radius 2 is 1.86 bits per heavy atom. The molecule has 0 aliphatic heterocycles. The Balaban J connectivity index is 1.32. The summed E-state index contributed by atoms with van der Waals surface area (Å²) in [5, 5.41) is 15.1. The quantitative estimate of drug-likeness (QED) is 0.559. The Bertz CT molecular complexity index is 1050. The SMILES string of the molecule is Cc1ccc(-c2nnn(CC(=O)NCc3ccc(-n4ccnc4)cc3)n2)cc1. The highest BCUT2D eigenvalue weighted by Crippen LogP contribution is 2.14. The van der Waals surface area contributed by atoms with Crippen molar-refractivity contribution in [3.8, 4) is 17.1 Å². The van der Waals surface area contributed by atoms with E-state index in [1.165, 1.54) is 4.80 Å². The van der Waals surface area contributed by atoms with Crippen LogP contribution in [0.1, 0.15) is 11.1 Å². The Morgan fingerprint density at radius 3 is 2.57 bits per heavy atom. The number of tetrazole rings is 1. The summed E-state index contributed by atoms with van der Waals surface area (Å²) < 4.78 is 1.92. The Labute approximate surface area is 161 Å². The van der Waals surface area contributed by atoms with Gasteiger partial charge in [-0.05, 0) is 29.8 Å². The third-order valence-corrected chi connectivity index (χ3v) is 4.28. The monoisotopic (exact) mass is 373 g/mol. The number of benzene rings is 2. The first-order chi connectivity index (χ1) is 13.7. The van der Waals surface area contributed by atoms with Crippen LogP contribution in [0.4, 0.5) is 0 Å². The van der Waals surface area contributed by atoms with E-state index in [1.54, 1.807) is 12.5 Å². The van der Waals surface area contributed by atoms with Gasteiger partial charge in [0.15, 0.2) is 0 Å². The Kier molecular flexibility index (Phi) is 4.92. The van der Waals surface area contributed by atoms with Gasteiger partial charge in [-0.15, -0.1) is 10.2 Å². The molecule has 0 spiro atoms. The molecule has 4 aromatic rings. The lowest BCUT2D eigenvalue weighted by Crippen LogP contribution is -2.28. The summed E-state index contributed by atoms with van der Waals surface area (Å²) >= 11 is 0. The van der Waals surface area contributed by atoms with Crippen LogP contribution in [-0.4, -0.2) is 35.7 Å². The van der Waals surface area contributed by atoms with E-state index < -0.39 is 0 Å². The highest BCUT2D eigenvalue weighted by Gasteiger charge is 2.09. The Hall–Kier alpha value is -3.81. The van der Waals surface area contributed by atoms with E-state index in [0.29, 0.717) is 12.4 Å². The van der Waals surface area contributed by atoms with E-state index in [1.807, 2.05) is 66.2 Å². The summed E-state index contributed by atoms with van der Waals surface area (Å²) in [6.07, 6.45) is 5.36. The van der Waals surface area contributed by atoms with Gasteiger partial charge < -0.3 is 9.88 Å². The maximum absolute atomic E-state index is 12.2. The minimum atomic E-state index is -0.174. The molecule has 0 aliphatic carbocycles. The molecule has 2 aromatic heterocycles. The maximum Gasteiger partial charge on any atom is 0.243 e. The molecular weight excluding hydrogens is 354 g/mol. The number of amides is 1. The van der Waals surface area contributed by atoms with Crippen molar-refractivity contribution in [3.05, 3.63) is 78.4 Å². The number of hydrogen-bond acceptors (Lipinski definition) is 5. The summed E-state index contributed by atoms with van der Waals surface area (Å²) in [5.74, 6) is 0.328. The highest BCUT2D eigenvalue weighted by molar-refractivity contribution is 5.75. The lowest BCUT2D eigenvalue weighted by molar-refractivity contribution is -0.122. The van der Waals surface area contributed by atoms with Crippen molar-refractivity contribution in [2.45, 2.75) is 20.0 Å². The summed E-state index contributed by atoms with van der Waals surface area (Å²) in [7, 11) is 0. The van der Waals surface area contributed by atoms with Crippen LogP contribution in [0.5, 0.6) is 0 Å². The molecule has 0 unspecified atom stereocenters. The second-order valence-corrected chi connectivity index (χ2v) is 6.42. The van der Waals surface area contributed by atoms with Crippen LogP contribution in [0.15, 0.2) is 67.3 Å². The normalized spacial score (nSPS) is 10.8. The first-order valence-corrected chi connectivity index (χ1v) is 8.86. The molecular formula is C20H19N7O. The van der Waals surface area contributed by atoms with E-state index in [4.69, 9.17) is 0 Å². The number of nitrogens with zero attached hydrogens (tertiary/aromatic N) is 6. The predicted molar refractivity (Wildman–Crippen MR) is 103 cm³/mol. The zero-order valence-corrected chi connectivity index (χ0v) is 15.4. The minimum absolute atomic E-state index is 0.0198. The topological polar surface area (TPSA) is 90.5 Å². The molecule has 0 aliphatic rings. The zero-order valence-electron chi connectivity index (χ0n) is 15.4. The first kappa shape index (κ1) is 17.6. The van der Waals surface area contributed by atoms with Gasteiger partial charge >= 0.3 is 0 Å². The number of aryl methyl sites for hydroxylation is 1. The molecule has 4 rings (SSSR count). The van der Waals surface area contributed by atoms with Gasteiger partial charge in [-0.3, -0.25) is 4.79 Å². The fraction of sp³-hybridized carbons (Fsp3) is 0.150. The molecule has 0 saturated heterocycles. The molecule has 28 heavy (non-hydrogen) atoms. The van der Waals surface area contributed by atoms with Crippen LogP contribution in [0.25, 0.3) is 17.1 Å². The highest BCUT2D eigenvalue weighted by atomic mass is 16.2. The van der Waals surface area contributed by atoms with Crippen molar-refractivity contribution >= 4 is 5.91 Å². The van der Waals surface area contributed by atoms with E-state index in [-0.39, 0.29) is 12.5 Å². The van der Waals surface area contributed by atoms with Gasteiger partial charge in [0, 0.05) is 30.2 Å². The van der Waals surface area contributed by atoms with Crippen molar-refractivity contribution in [2.24, 2.45) is 0 Å². The molecule has 0 bridgehead atoms. The fourth-order valence-electron chi connectivity index (χ4n) is 2.71. The van der Waals surface area contributed by atoms with Gasteiger partial charge in [0.2, 0.25) is 11.7 Å². The third-order valence-electron chi connectivity index (χ3n) is 4.28. The summed E-state index contributed by atoms with van der Waals surface area (Å²) in [5.41, 5.74) is 4.05. The van der Waals surface area contributed by atoms with Crippen LogP contribution in [0, 0.1) is 6.92 Å². The number of nitrogens with one attached hydrogen (secondary N) is 1. The smallest absolute Gasteiger partial charge is 0.243 e. The van der Waals surface area contributed by atoms with Gasteiger partial charge in [-0.25, -0.2) is 4.98 Å². The molecule has 1 N–H and O–H groups in total. The summed E-state index contributed by atoms with van der Waals surface area (Å²) in [6.45, 7) is 2.47. The summed E-state index contributed by atoms with van der Waals surface area (Å²) in [4.78, 5) is 17.5. The van der Waals surface area contributed by atoms with Crippen molar-refractivity contribution in [2.75, 3.05) is 0 Å². The fourth-order valence-corrected chi connectivity index (χ4v) is 2.71. The standard InChI is InChI=1S/C20H19N7O/c1-15-2-6-17(7-3-15)20-23-25-27(24-20)13-19(28)22-12-16-4-8-18(9-5-16)26-11-10-21-14-26/h2-11,14H,12-13H2,1H3,(H,22,28). The van der Waals surface area contributed by atoms with Gasteiger partial charge in [-0.1, -0.05) is 42.0 Å². The molecule has 1 amide bonds. The first-order valence-electron chi connectivity index (χ1n) is 8.86. The number of aromatic nitrogens is 6. The number of rotatable bonds is 6. The van der Waals surface area contributed by atoms with Crippen LogP contribution >= 0.6 is 0 Å². The molecule has 0 saturated carbocycles. The summed E-state index contributed by atoms with van der Waals surface area (Å²) in [6, 6.07) is 15.7. The van der Waals surface area contributed by atoms with Crippen molar-refractivity contribution in [3.63, 3.8) is 0 Å². The average Bonchev–Trinajstić information content (AvgIpc) is 3.40. The van der Waals surface area contributed by atoms with Gasteiger partial charge in [0.05, 0.1) is 6.33 Å². The van der Waals surface area contributed by atoms with Crippen molar-refractivity contribution in [1.82, 2.24) is 35.1 Å². The van der Waals surface area contributed by atoms with Gasteiger partial charge in [0.25, 0.3) is 0 Å². The van der Waals surface area contributed by atoms with E-state index in [9.17, 15) is 4.79 Å². The van der Waals surface area contributed by atoms with E-state index in [0.717, 1.165) is 22.4 Å². The van der Waals surface area contributed by atoms with Gasteiger partial charge in [0.1, 0.15) is 6.54 Å². The predicted octanol–water partition coefficient (Wildman–Crippen LogP) is 2.15. The van der Waals surface area contributed by atoms with Crippen LogP contribution in [0.2, 0.25) is 0 Å². The average molecular weight is 373 g/mol. The second kappa shape index (κ2) is 7.83. The number of carbonyl (C=O) groups is 1. The molecule has 0 radical (unpaired) electrons. The number of hydrogen-bond donors (Lipinski definition) is 1. The lowest BCUT2D eigenvalue weighted by atomic mass is 10.1. The van der Waals surface area contributed by atoms with Gasteiger partial charge in [-0.2, -0.15) is 4.80 Å². The van der Waals surface area contributed by atoms with Crippen molar-refractivity contribution in [1.29, 1.82) is 0 Å². The second-order valence-electron chi connectivity index (χ2n) is 6.42. The van der Waals surface area contributed by atoms with E-state index >= 15 is 0 Å². The van der Waals surface area contributed by atoms with Crippen LogP contribution in [-0.2, 0) is 17.9 Å². The Morgan fingerprint density at radius 1 is 1.07 bits per heavy atom. The lowest BCUT2D eigenvalue weighted by Gasteiger charge is -2.06. The van der Waals surface area contributed by atoms with Crippen LogP contribution < -0.4 is 5.32 Å². The largest absolute Gasteiger partial charge is 0.350 e. The number of carbonyl (C=O) groups excluding carboxylic acids is 1. The van der Waals surface area contributed by atoms with Crippen molar-refractivity contribution < 1.29 is 4.79 Å². The molecule has 140 valence electrons. The molecule has 0 atom stereocenters. The molecule has 0 fully saturated rings. The van der Waals surface area contributed by atoms with E-state index in [2.05, 4.69) is 25.7 Å². The molecule has 2 heterocycles. The molecule has 8 heteroatoms. The zero-order chi connectivity index (χ0) is 19.3. The minimum Gasteiger partial charge on any atom is -0.350 e. The molecule has 2 aromatic carbocycles. The van der Waals surface area contributed by atoms with Crippen LogP contribution in [0.3, 0.4) is 0 Å². The number of imidazole rings is 1. The maximum atomic E-state index is 12.2.